The van der Waals surface area contributed by atoms with Crippen LogP contribution < -0.4 is 14.8 Å². The van der Waals surface area contributed by atoms with Gasteiger partial charge in [-0.25, -0.2) is 13.1 Å². The van der Waals surface area contributed by atoms with Crippen LogP contribution in [0.25, 0.3) is 0 Å². The molecule has 21 heavy (non-hydrogen) atoms. The Bertz CT molecular complexity index is 599. The zero-order chi connectivity index (χ0) is 14.9. The Morgan fingerprint density at radius 1 is 1.24 bits per heavy atom. The summed E-state index contributed by atoms with van der Waals surface area (Å²) in [6.07, 6.45) is 2.90. The van der Waals surface area contributed by atoms with Crippen LogP contribution in [0.3, 0.4) is 0 Å². The van der Waals surface area contributed by atoms with Gasteiger partial charge in [0.15, 0.2) is 0 Å². The van der Waals surface area contributed by atoms with E-state index >= 15 is 0 Å². The molecule has 5 nitrogen and oxygen atoms in total. The van der Waals surface area contributed by atoms with E-state index in [1.165, 1.54) is 0 Å². The third kappa shape index (κ3) is 3.56. The Balaban J connectivity index is 1.81. The van der Waals surface area contributed by atoms with Gasteiger partial charge in [0, 0.05) is 12.6 Å². The summed E-state index contributed by atoms with van der Waals surface area (Å²) in [4.78, 5) is 0.245. The summed E-state index contributed by atoms with van der Waals surface area (Å²) in [7, 11) is -3.49. The second-order valence-electron chi connectivity index (χ2n) is 5.97. The van der Waals surface area contributed by atoms with Gasteiger partial charge in [-0.3, -0.25) is 0 Å². The van der Waals surface area contributed by atoms with Crippen LogP contribution >= 0.6 is 0 Å². The van der Waals surface area contributed by atoms with Crippen LogP contribution in [0.2, 0.25) is 0 Å². The number of nitrogens with one attached hydrogen (secondary N) is 2. The summed E-state index contributed by atoms with van der Waals surface area (Å²) in [5, 5.41) is 3.30. The highest BCUT2D eigenvalue weighted by molar-refractivity contribution is 7.89. The second kappa shape index (κ2) is 5.94. The van der Waals surface area contributed by atoms with Gasteiger partial charge in [-0.1, -0.05) is 19.1 Å². The number of sulfonamides is 1. The van der Waals surface area contributed by atoms with Crippen molar-refractivity contribution in [2.24, 2.45) is 5.92 Å². The summed E-state index contributed by atoms with van der Waals surface area (Å²) in [5.41, 5.74) is 0. The Morgan fingerprint density at radius 2 is 2.00 bits per heavy atom. The van der Waals surface area contributed by atoms with Gasteiger partial charge in [0.2, 0.25) is 10.0 Å². The normalized spacial score (nSPS) is 26.5. The van der Waals surface area contributed by atoms with Gasteiger partial charge in [-0.05, 0) is 43.9 Å². The lowest BCUT2D eigenvalue weighted by Crippen LogP contribution is -2.43. The summed E-state index contributed by atoms with van der Waals surface area (Å²) in [6, 6.07) is 6.99. The highest BCUT2D eigenvalue weighted by Gasteiger charge is 2.31. The van der Waals surface area contributed by atoms with Crippen molar-refractivity contribution in [3.8, 4) is 5.75 Å². The number of benzene rings is 1. The molecule has 1 aliphatic carbocycles. The van der Waals surface area contributed by atoms with Crippen molar-refractivity contribution in [1.82, 2.24) is 10.0 Å². The Labute approximate surface area is 126 Å². The molecule has 1 saturated carbocycles. The van der Waals surface area contributed by atoms with Crippen molar-refractivity contribution >= 4 is 10.0 Å². The summed E-state index contributed by atoms with van der Waals surface area (Å²) < 4.78 is 33.6. The van der Waals surface area contributed by atoms with Crippen molar-refractivity contribution in [2.75, 3.05) is 13.1 Å². The van der Waals surface area contributed by atoms with Gasteiger partial charge in [0.05, 0.1) is 0 Å². The van der Waals surface area contributed by atoms with Crippen molar-refractivity contribution in [2.45, 2.75) is 43.2 Å². The zero-order valence-corrected chi connectivity index (χ0v) is 13.0. The average Bonchev–Trinajstić information content (AvgIpc) is 3.25. The minimum Gasteiger partial charge on any atom is -0.487 e. The van der Waals surface area contributed by atoms with E-state index in [1.807, 2.05) is 6.07 Å². The lowest BCUT2D eigenvalue weighted by molar-refractivity contribution is 0.111. The quantitative estimate of drug-likeness (QED) is 0.865. The molecular formula is C15H22N2O3S. The van der Waals surface area contributed by atoms with E-state index in [4.69, 9.17) is 4.74 Å². The van der Waals surface area contributed by atoms with Gasteiger partial charge in [0.1, 0.15) is 16.7 Å². The molecule has 0 aromatic heterocycles. The average molecular weight is 310 g/mol. The lowest BCUT2D eigenvalue weighted by atomic mass is 9.97. The maximum Gasteiger partial charge on any atom is 0.244 e. The third-order valence-electron chi connectivity index (χ3n) is 4.07. The minimum absolute atomic E-state index is 0.0102. The molecular weight excluding hydrogens is 288 g/mol. The van der Waals surface area contributed by atoms with Crippen molar-refractivity contribution in [1.29, 1.82) is 0 Å². The number of rotatable bonds is 5. The van der Waals surface area contributed by atoms with Crippen molar-refractivity contribution in [3.05, 3.63) is 24.3 Å². The molecule has 1 aromatic rings. The Morgan fingerprint density at radius 3 is 2.71 bits per heavy atom. The number of hydrogen-bond donors (Lipinski definition) is 2. The lowest BCUT2D eigenvalue weighted by Gasteiger charge is -2.30. The van der Waals surface area contributed by atoms with Crippen LogP contribution in [0, 0.1) is 5.92 Å². The highest BCUT2D eigenvalue weighted by Crippen LogP contribution is 2.29. The summed E-state index contributed by atoms with van der Waals surface area (Å²) in [5.74, 6) is 0.865. The van der Waals surface area contributed by atoms with Crippen LogP contribution in [0.4, 0.5) is 0 Å². The fourth-order valence-electron chi connectivity index (χ4n) is 2.54. The molecule has 2 fully saturated rings. The van der Waals surface area contributed by atoms with E-state index in [-0.39, 0.29) is 17.0 Å². The van der Waals surface area contributed by atoms with Crippen LogP contribution in [-0.2, 0) is 10.0 Å². The van der Waals surface area contributed by atoms with E-state index in [0.29, 0.717) is 11.7 Å². The molecule has 1 saturated heterocycles. The molecule has 2 unspecified atom stereocenters. The fourth-order valence-corrected chi connectivity index (χ4v) is 3.98. The smallest absolute Gasteiger partial charge is 0.244 e. The first-order valence-electron chi connectivity index (χ1n) is 7.55. The molecule has 1 aliphatic heterocycles. The van der Waals surface area contributed by atoms with Crippen LogP contribution in [0.15, 0.2) is 29.2 Å². The molecule has 1 heterocycles. The molecule has 0 spiro atoms. The van der Waals surface area contributed by atoms with E-state index in [9.17, 15) is 8.42 Å². The molecule has 2 N–H and O–H groups in total. The van der Waals surface area contributed by atoms with Gasteiger partial charge in [-0.15, -0.1) is 0 Å². The molecule has 0 bridgehead atoms. The molecule has 0 radical (unpaired) electrons. The van der Waals surface area contributed by atoms with Crippen LogP contribution in [0.1, 0.15) is 26.2 Å². The van der Waals surface area contributed by atoms with E-state index in [2.05, 4.69) is 17.0 Å². The molecule has 3 rings (SSSR count). The molecule has 6 heteroatoms. The predicted molar refractivity (Wildman–Crippen MR) is 80.9 cm³/mol. The largest absolute Gasteiger partial charge is 0.487 e. The zero-order valence-electron chi connectivity index (χ0n) is 12.2. The summed E-state index contributed by atoms with van der Waals surface area (Å²) >= 11 is 0. The Hall–Kier alpha value is -1.11. The second-order valence-corrected chi connectivity index (χ2v) is 7.65. The topological polar surface area (TPSA) is 67.4 Å². The first kappa shape index (κ1) is 14.8. The first-order valence-corrected chi connectivity index (χ1v) is 9.03. The monoisotopic (exact) mass is 310 g/mol. The molecule has 0 amide bonds. The summed E-state index contributed by atoms with van der Waals surface area (Å²) in [6.45, 7) is 3.89. The van der Waals surface area contributed by atoms with Gasteiger partial charge in [-0.2, -0.15) is 0 Å². The molecule has 116 valence electrons. The molecule has 2 aliphatic rings. The molecule has 2 atom stereocenters. The standard InChI is InChI=1S/C15H22N2O3S/c1-11-8-9-16-10-14(11)20-13-4-2-3-5-15(13)21(18,19)17-12-6-7-12/h2-5,11-12,14,16-17H,6-10H2,1H3. The van der Waals surface area contributed by atoms with Gasteiger partial charge >= 0.3 is 0 Å². The first-order chi connectivity index (χ1) is 10.1. The highest BCUT2D eigenvalue weighted by atomic mass is 32.2. The SMILES string of the molecule is CC1CCNCC1Oc1ccccc1S(=O)(=O)NC1CC1. The van der Waals surface area contributed by atoms with E-state index in [0.717, 1.165) is 32.4 Å². The fraction of sp³-hybridized carbons (Fsp3) is 0.600. The maximum absolute atomic E-state index is 12.4. The maximum atomic E-state index is 12.4. The number of hydrogen-bond acceptors (Lipinski definition) is 4. The van der Waals surface area contributed by atoms with Crippen LogP contribution in [0.5, 0.6) is 5.75 Å². The number of ether oxygens (including phenoxy) is 1. The van der Waals surface area contributed by atoms with Crippen molar-refractivity contribution in [3.63, 3.8) is 0 Å². The van der Waals surface area contributed by atoms with Gasteiger partial charge in [0.25, 0.3) is 0 Å². The van der Waals surface area contributed by atoms with Gasteiger partial charge < -0.3 is 10.1 Å². The van der Waals surface area contributed by atoms with Crippen LogP contribution in [-0.4, -0.2) is 33.7 Å². The van der Waals surface area contributed by atoms with Crippen molar-refractivity contribution < 1.29 is 13.2 Å². The number of piperidine rings is 1. The minimum atomic E-state index is -3.49. The predicted octanol–water partition coefficient (Wildman–Crippen LogP) is 1.50. The Kier molecular flexibility index (Phi) is 4.19. The number of para-hydroxylation sites is 1. The van der Waals surface area contributed by atoms with E-state index < -0.39 is 10.0 Å². The van der Waals surface area contributed by atoms with E-state index in [1.54, 1.807) is 18.2 Å². The molecule has 1 aromatic carbocycles. The third-order valence-corrected chi connectivity index (χ3v) is 5.63.